The lowest BCUT2D eigenvalue weighted by Gasteiger charge is -2.18. The lowest BCUT2D eigenvalue weighted by molar-refractivity contribution is 0.669. The zero-order chi connectivity index (χ0) is 34.9. The van der Waals surface area contributed by atoms with Crippen molar-refractivity contribution in [2.24, 2.45) is 0 Å². The highest BCUT2D eigenvalue weighted by Gasteiger charge is 2.17. The first-order chi connectivity index (χ1) is 26.3. The second-order valence-electron chi connectivity index (χ2n) is 14.0. The van der Waals surface area contributed by atoms with Gasteiger partial charge in [-0.15, -0.1) is 0 Å². The van der Waals surface area contributed by atoms with Crippen molar-refractivity contribution in [3.8, 4) is 44.5 Å². The Morgan fingerprint density at radius 3 is 1.43 bits per heavy atom. The van der Waals surface area contributed by atoms with Crippen molar-refractivity contribution >= 4 is 65.0 Å². The summed E-state index contributed by atoms with van der Waals surface area (Å²) in [5, 5.41) is 12.3. The van der Waals surface area contributed by atoms with Crippen LogP contribution in [0.5, 0.6) is 0 Å². The van der Waals surface area contributed by atoms with Gasteiger partial charge in [0.1, 0.15) is 11.2 Å². The molecule has 1 heterocycles. The summed E-state index contributed by atoms with van der Waals surface area (Å²) >= 11 is 0. The summed E-state index contributed by atoms with van der Waals surface area (Å²) < 4.78 is 6.10. The van der Waals surface area contributed by atoms with Crippen molar-refractivity contribution in [3.63, 3.8) is 0 Å². The van der Waals surface area contributed by atoms with E-state index in [4.69, 9.17) is 4.42 Å². The molecule has 0 radical (unpaired) electrons. The quantitative estimate of drug-likeness (QED) is 0.170. The van der Waals surface area contributed by atoms with E-state index in [2.05, 4.69) is 182 Å². The van der Waals surface area contributed by atoms with Gasteiger partial charge in [-0.3, -0.25) is 0 Å². The van der Waals surface area contributed by atoms with Gasteiger partial charge >= 0.3 is 0 Å². The number of hydrogen-bond acceptors (Lipinski definition) is 1. The van der Waals surface area contributed by atoms with E-state index in [1.54, 1.807) is 0 Å². The summed E-state index contributed by atoms with van der Waals surface area (Å²) in [5.74, 6) is 0. The number of rotatable bonds is 4. The van der Waals surface area contributed by atoms with Crippen molar-refractivity contribution in [2.45, 2.75) is 0 Å². The van der Waals surface area contributed by atoms with Crippen LogP contribution in [0.25, 0.3) is 110 Å². The molecule has 11 rings (SSSR count). The molecule has 0 N–H and O–H groups in total. The summed E-state index contributed by atoms with van der Waals surface area (Å²) in [4.78, 5) is 0. The lowest BCUT2D eigenvalue weighted by Crippen LogP contribution is -1.91. The second-order valence-corrected chi connectivity index (χ2v) is 14.0. The molecule has 0 unspecified atom stereocenters. The highest BCUT2D eigenvalue weighted by Crippen LogP contribution is 2.45. The normalized spacial score (nSPS) is 11.8. The SMILES string of the molecule is c1ccc2c(-c3ccc(-c4c5ccccc5c(-c5ccc6cc(-c7ccc8oc9ccccc9c8c7)ccc6c5)c5ccccc45)cc3)cccc2c1. The van der Waals surface area contributed by atoms with Gasteiger partial charge in [0.25, 0.3) is 0 Å². The van der Waals surface area contributed by atoms with Gasteiger partial charge in [-0.2, -0.15) is 0 Å². The second kappa shape index (κ2) is 11.8. The Morgan fingerprint density at radius 2 is 0.717 bits per heavy atom. The summed E-state index contributed by atoms with van der Waals surface area (Å²) in [7, 11) is 0. The molecular formula is C52H32O. The summed E-state index contributed by atoms with van der Waals surface area (Å²) in [6.45, 7) is 0. The molecule has 0 saturated carbocycles. The zero-order valence-corrected chi connectivity index (χ0v) is 28.9. The van der Waals surface area contributed by atoms with Gasteiger partial charge in [-0.25, -0.2) is 0 Å². The molecule has 0 aliphatic heterocycles. The van der Waals surface area contributed by atoms with Crippen LogP contribution in [0.2, 0.25) is 0 Å². The largest absolute Gasteiger partial charge is 0.456 e. The third-order valence-corrected chi connectivity index (χ3v) is 11.0. The molecule has 0 fully saturated rings. The van der Waals surface area contributed by atoms with Crippen molar-refractivity contribution in [2.75, 3.05) is 0 Å². The highest BCUT2D eigenvalue weighted by molar-refractivity contribution is 6.22. The zero-order valence-electron chi connectivity index (χ0n) is 28.9. The topological polar surface area (TPSA) is 13.1 Å². The Morgan fingerprint density at radius 1 is 0.245 bits per heavy atom. The standard InChI is InChI=1S/C52H32O/c1-2-12-41-33(10-1)11-9-18-42(41)34-20-22-35(23-21-34)51-44-14-3-5-16-46(44)52(47-17-6-4-15-45(47)51)40-27-26-36-30-37(24-25-38(36)31-40)39-28-29-50-48(32-39)43-13-7-8-19-49(43)53-50/h1-32H. The minimum absolute atomic E-state index is 0.920. The Labute approximate surface area is 307 Å². The third kappa shape index (κ3) is 4.79. The van der Waals surface area contributed by atoms with Crippen molar-refractivity contribution in [3.05, 3.63) is 194 Å². The molecule has 10 aromatic carbocycles. The van der Waals surface area contributed by atoms with Gasteiger partial charge in [0.15, 0.2) is 0 Å². The minimum atomic E-state index is 0.920. The molecule has 53 heavy (non-hydrogen) atoms. The van der Waals surface area contributed by atoms with E-state index in [-0.39, 0.29) is 0 Å². The van der Waals surface area contributed by atoms with E-state index in [1.165, 1.54) is 87.6 Å². The maximum Gasteiger partial charge on any atom is 0.135 e. The first kappa shape index (κ1) is 29.7. The van der Waals surface area contributed by atoms with Crippen LogP contribution in [-0.4, -0.2) is 0 Å². The molecule has 1 heteroatoms. The average molecular weight is 673 g/mol. The molecule has 0 spiro atoms. The predicted octanol–water partition coefficient (Wildman–Crippen LogP) is 14.9. The summed E-state index contributed by atoms with van der Waals surface area (Å²) in [6, 6.07) is 70.7. The minimum Gasteiger partial charge on any atom is -0.456 e. The van der Waals surface area contributed by atoms with Crippen LogP contribution in [0.4, 0.5) is 0 Å². The highest BCUT2D eigenvalue weighted by atomic mass is 16.3. The molecule has 0 aliphatic carbocycles. The number of furan rings is 1. The molecule has 246 valence electrons. The lowest BCUT2D eigenvalue weighted by atomic mass is 9.85. The van der Waals surface area contributed by atoms with E-state index in [9.17, 15) is 0 Å². The Balaban J connectivity index is 1.03. The maximum atomic E-state index is 6.10. The van der Waals surface area contributed by atoms with Crippen molar-refractivity contribution in [1.29, 1.82) is 0 Å². The summed E-state index contributed by atoms with van der Waals surface area (Å²) in [5.41, 5.74) is 11.7. The van der Waals surface area contributed by atoms with Gasteiger partial charge in [0, 0.05) is 10.8 Å². The fraction of sp³-hybridized carbons (Fsp3) is 0. The number of fused-ring (bicyclic) bond motifs is 7. The van der Waals surface area contributed by atoms with E-state index in [0.717, 1.165) is 21.9 Å². The van der Waals surface area contributed by atoms with E-state index in [1.807, 2.05) is 12.1 Å². The smallest absolute Gasteiger partial charge is 0.135 e. The van der Waals surface area contributed by atoms with Gasteiger partial charge in [-0.1, -0.05) is 164 Å². The van der Waals surface area contributed by atoms with Crippen LogP contribution in [0.3, 0.4) is 0 Å². The maximum absolute atomic E-state index is 6.10. The van der Waals surface area contributed by atoms with Crippen LogP contribution >= 0.6 is 0 Å². The van der Waals surface area contributed by atoms with Crippen molar-refractivity contribution < 1.29 is 4.42 Å². The molecular weight excluding hydrogens is 641 g/mol. The average Bonchev–Trinajstić information content (AvgIpc) is 3.60. The van der Waals surface area contributed by atoms with Gasteiger partial charge in [0.2, 0.25) is 0 Å². The third-order valence-electron chi connectivity index (χ3n) is 11.0. The van der Waals surface area contributed by atoms with Gasteiger partial charge < -0.3 is 4.42 Å². The molecule has 0 bridgehead atoms. The predicted molar refractivity (Wildman–Crippen MR) is 225 cm³/mol. The first-order valence-electron chi connectivity index (χ1n) is 18.2. The van der Waals surface area contributed by atoms with Crippen molar-refractivity contribution in [1.82, 2.24) is 0 Å². The molecule has 1 nitrogen and oxygen atoms in total. The van der Waals surface area contributed by atoms with E-state index < -0.39 is 0 Å². The van der Waals surface area contributed by atoms with Crippen LogP contribution < -0.4 is 0 Å². The first-order valence-corrected chi connectivity index (χ1v) is 18.2. The number of benzene rings is 10. The van der Waals surface area contributed by atoms with Gasteiger partial charge in [0.05, 0.1) is 0 Å². The molecule has 0 atom stereocenters. The van der Waals surface area contributed by atoms with Crippen LogP contribution in [0.1, 0.15) is 0 Å². The van der Waals surface area contributed by atoms with E-state index >= 15 is 0 Å². The molecule has 11 aromatic rings. The fourth-order valence-electron chi connectivity index (χ4n) is 8.53. The Hall–Kier alpha value is -6.96. The van der Waals surface area contributed by atoms with Crippen LogP contribution in [-0.2, 0) is 0 Å². The molecule has 0 saturated heterocycles. The Bertz CT molecular complexity index is 3150. The number of para-hydroxylation sites is 1. The fourth-order valence-corrected chi connectivity index (χ4v) is 8.53. The van der Waals surface area contributed by atoms with E-state index in [0.29, 0.717) is 0 Å². The molecule has 0 aliphatic rings. The van der Waals surface area contributed by atoms with Crippen LogP contribution in [0, 0.1) is 0 Å². The summed E-state index contributed by atoms with van der Waals surface area (Å²) in [6.07, 6.45) is 0. The Kier molecular flexibility index (Phi) is 6.62. The molecule has 0 amide bonds. The van der Waals surface area contributed by atoms with Gasteiger partial charge in [-0.05, 0) is 118 Å². The molecule has 1 aromatic heterocycles. The van der Waals surface area contributed by atoms with Crippen LogP contribution in [0.15, 0.2) is 199 Å². The number of hydrogen-bond donors (Lipinski definition) is 0. The monoisotopic (exact) mass is 672 g/mol.